The molecule has 2 aromatic rings. The maximum atomic E-state index is 13.1. The molecular formula is C18H23N3O4S2. The Morgan fingerprint density at radius 3 is 2.89 bits per heavy atom. The number of methoxy groups -OCH3 is 1. The molecule has 0 spiro atoms. The third-order valence-corrected chi connectivity index (χ3v) is 7.00. The Labute approximate surface area is 165 Å². The van der Waals surface area contributed by atoms with Crippen LogP contribution in [0.4, 0.5) is 4.79 Å². The van der Waals surface area contributed by atoms with Crippen molar-refractivity contribution in [3.8, 4) is 0 Å². The number of carbonyl (C=O) groups excluding carboxylic acids is 2. The van der Waals surface area contributed by atoms with E-state index in [9.17, 15) is 14.4 Å². The molecule has 27 heavy (non-hydrogen) atoms. The number of carbonyl (C=O) groups is 2. The van der Waals surface area contributed by atoms with E-state index in [1.807, 2.05) is 6.92 Å². The SMILES string of the molecule is CCn1c(S[C@H](C)C(=O)NC(=O)OC)nc2sc3c(c2c1=O)CC[C@H](C)C3. The predicted octanol–water partition coefficient (Wildman–Crippen LogP) is 2.97. The van der Waals surface area contributed by atoms with E-state index in [1.54, 1.807) is 22.8 Å². The highest BCUT2D eigenvalue weighted by Gasteiger charge is 2.26. The summed E-state index contributed by atoms with van der Waals surface area (Å²) in [4.78, 5) is 43.2. The lowest BCUT2D eigenvalue weighted by Crippen LogP contribution is -2.36. The van der Waals surface area contributed by atoms with Crippen LogP contribution in [0.2, 0.25) is 0 Å². The van der Waals surface area contributed by atoms with Crippen LogP contribution in [-0.2, 0) is 28.9 Å². The number of imide groups is 1. The lowest BCUT2D eigenvalue weighted by Gasteiger charge is -2.18. The molecule has 3 rings (SSSR count). The number of alkyl carbamates (subject to hydrolysis) is 1. The lowest BCUT2D eigenvalue weighted by atomic mass is 9.89. The van der Waals surface area contributed by atoms with Crippen LogP contribution in [0.5, 0.6) is 0 Å². The molecule has 0 radical (unpaired) electrons. The minimum Gasteiger partial charge on any atom is -0.453 e. The fourth-order valence-corrected chi connectivity index (χ4v) is 5.63. The molecule has 2 aromatic heterocycles. The first-order chi connectivity index (χ1) is 12.8. The maximum absolute atomic E-state index is 13.1. The third-order valence-electron chi connectivity index (χ3n) is 4.76. The van der Waals surface area contributed by atoms with Gasteiger partial charge in [0.25, 0.3) is 5.56 Å². The number of amides is 2. The Kier molecular flexibility index (Phi) is 5.90. The van der Waals surface area contributed by atoms with Crippen LogP contribution in [0, 0.1) is 5.92 Å². The molecule has 0 unspecified atom stereocenters. The van der Waals surface area contributed by atoms with Gasteiger partial charge in [-0.3, -0.25) is 19.5 Å². The van der Waals surface area contributed by atoms with Crippen LogP contribution in [0.25, 0.3) is 10.2 Å². The molecule has 2 heterocycles. The monoisotopic (exact) mass is 409 g/mol. The molecule has 2 amide bonds. The van der Waals surface area contributed by atoms with Gasteiger partial charge >= 0.3 is 6.09 Å². The smallest absolute Gasteiger partial charge is 0.413 e. The largest absolute Gasteiger partial charge is 0.453 e. The molecule has 1 aliphatic rings. The molecule has 9 heteroatoms. The number of nitrogens with zero attached hydrogens (tertiary/aromatic N) is 2. The summed E-state index contributed by atoms with van der Waals surface area (Å²) in [5.41, 5.74) is 1.11. The van der Waals surface area contributed by atoms with Crippen molar-refractivity contribution in [3.63, 3.8) is 0 Å². The first kappa shape index (κ1) is 19.9. The van der Waals surface area contributed by atoms with Crippen molar-refractivity contribution >= 4 is 45.3 Å². The van der Waals surface area contributed by atoms with Gasteiger partial charge in [0.1, 0.15) is 4.83 Å². The van der Waals surface area contributed by atoms with Crippen LogP contribution >= 0.6 is 23.1 Å². The topological polar surface area (TPSA) is 90.3 Å². The Balaban J connectivity index is 1.97. The van der Waals surface area contributed by atoms with Gasteiger partial charge in [-0.1, -0.05) is 18.7 Å². The average molecular weight is 410 g/mol. The van der Waals surface area contributed by atoms with Gasteiger partial charge in [-0.05, 0) is 44.6 Å². The first-order valence-corrected chi connectivity index (χ1v) is 10.7. The van der Waals surface area contributed by atoms with E-state index in [4.69, 9.17) is 4.98 Å². The highest BCUT2D eigenvalue weighted by molar-refractivity contribution is 8.00. The number of hydrogen-bond acceptors (Lipinski definition) is 7. The fourth-order valence-electron chi connectivity index (χ4n) is 3.24. The van der Waals surface area contributed by atoms with Crippen molar-refractivity contribution in [2.45, 2.75) is 57.0 Å². The molecule has 0 saturated carbocycles. The molecule has 1 aliphatic carbocycles. The summed E-state index contributed by atoms with van der Waals surface area (Å²) >= 11 is 2.76. The third kappa shape index (κ3) is 3.89. The highest BCUT2D eigenvalue weighted by atomic mass is 32.2. The van der Waals surface area contributed by atoms with Crippen LogP contribution in [0.1, 0.15) is 37.6 Å². The Bertz CT molecular complexity index is 950. The van der Waals surface area contributed by atoms with Gasteiger partial charge in [0.05, 0.1) is 17.7 Å². The minimum absolute atomic E-state index is 0.0439. The van der Waals surface area contributed by atoms with Gasteiger partial charge < -0.3 is 4.74 Å². The molecule has 7 nitrogen and oxygen atoms in total. The standard InChI is InChI=1S/C18H23N3O4S2/c1-5-21-16(23)13-11-7-6-9(2)8-12(11)27-15(13)20-17(21)26-10(3)14(22)19-18(24)25-4/h9-10H,5-8H2,1-4H3,(H,19,22,24)/t9-,10+/m0/s1. The van der Waals surface area contributed by atoms with Crippen LogP contribution < -0.4 is 10.9 Å². The number of nitrogens with one attached hydrogen (secondary N) is 1. The minimum atomic E-state index is -0.802. The van der Waals surface area contributed by atoms with Gasteiger partial charge in [0.2, 0.25) is 5.91 Å². The quantitative estimate of drug-likeness (QED) is 0.617. The molecular weight excluding hydrogens is 386 g/mol. The summed E-state index contributed by atoms with van der Waals surface area (Å²) in [6.45, 7) is 6.25. The van der Waals surface area contributed by atoms with E-state index in [1.165, 1.54) is 23.7 Å². The Morgan fingerprint density at radius 2 is 2.22 bits per heavy atom. The zero-order valence-electron chi connectivity index (χ0n) is 15.8. The number of ether oxygens (including phenoxy) is 1. The molecule has 0 bridgehead atoms. The summed E-state index contributed by atoms with van der Waals surface area (Å²) in [6.07, 6.45) is 2.19. The van der Waals surface area contributed by atoms with E-state index in [-0.39, 0.29) is 5.56 Å². The van der Waals surface area contributed by atoms with Crippen molar-refractivity contribution < 1.29 is 14.3 Å². The van der Waals surface area contributed by atoms with Crippen molar-refractivity contribution in [3.05, 3.63) is 20.8 Å². The number of aryl methyl sites for hydroxylation is 1. The van der Waals surface area contributed by atoms with E-state index in [2.05, 4.69) is 17.0 Å². The summed E-state index contributed by atoms with van der Waals surface area (Å²) in [6, 6.07) is 0. The Morgan fingerprint density at radius 1 is 1.48 bits per heavy atom. The summed E-state index contributed by atoms with van der Waals surface area (Å²) in [5.74, 6) is 0.137. The molecule has 0 aromatic carbocycles. The zero-order valence-corrected chi connectivity index (χ0v) is 17.5. The van der Waals surface area contributed by atoms with Crippen molar-refractivity contribution in [2.24, 2.45) is 5.92 Å². The van der Waals surface area contributed by atoms with Gasteiger partial charge in [-0.25, -0.2) is 9.78 Å². The molecule has 0 aliphatic heterocycles. The predicted molar refractivity (Wildman–Crippen MR) is 107 cm³/mol. The molecule has 2 atom stereocenters. The van der Waals surface area contributed by atoms with Gasteiger partial charge in [0, 0.05) is 11.4 Å². The van der Waals surface area contributed by atoms with E-state index >= 15 is 0 Å². The summed E-state index contributed by atoms with van der Waals surface area (Å²) in [5, 5.41) is 2.78. The Hall–Kier alpha value is -1.87. The molecule has 1 N–H and O–H groups in total. The number of fused-ring (bicyclic) bond motifs is 3. The maximum Gasteiger partial charge on any atom is 0.413 e. The second kappa shape index (κ2) is 8.02. The molecule has 0 fully saturated rings. The van der Waals surface area contributed by atoms with Crippen molar-refractivity contribution in [2.75, 3.05) is 7.11 Å². The number of thioether (sulfide) groups is 1. The second-order valence-electron chi connectivity index (χ2n) is 6.72. The van der Waals surface area contributed by atoms with E-state index < -0.39 is 17.3 Å². The molecule has 0 saturated heterocycles. The molecule has 146 valence electrons. The first-order valence-electron chi connectivity index (χ1n) is 8.96. The van der Waals surface area contributed by atoms with E-state index in [0.717, 1.165) is 35.0 Å². The summed E-state index contributed by atoms with van der Waals surface area (Å²) < 4.78 is 6.06. The van der Waals surface area contributed by atoms with Gasteiger partial charge in [-0.2, -0.15) is 0 Å². The number of hydrogen-bond donors (Lipinski definition) is 1. The van der Waals surface area contributed by atoms with Crippen molar-refractivity contribution in [1.82, 2.24) is 14.9 Å². The lowest BCUT2D eigenvalue weighted by molar-refractivity contribution is -0.119. The summed E-state index contributed by atoms with van der Waals surface area (Å²) in [7, 11) is 1.20. The van der Waals surface area contributed by atoms with Crippen molar-refractivity contribution in [1.29, 1.82) is 0 Å². The average Bonchev–Trinajstić information content (AvgIpc) is 2.98. The van der Waals surface area contributed by atoms with Gasteiger partial charge in [-0.15, -0.1) is 11.3 Å². The fraction of sp³-hybridized carbons (Fsp3) is 0.556. The van der Waals surface area contributed by atoms with Crippen LogP contribution in [0.3, 0.4) is 0 Å². The van der Waals surface area contributed by atoms with Crippen LogP contribution in [-0.4, -0.2) is 33.9 Å². The number of rotatable bonds is 4. The van der Waals surface area contributed by atoms with E-state index in [0.29, 0.717) is 17.6 Å². The van der Waals surface area contributed by atoms with Crippen LogP contribution in [0.15, 0.2) is 9.95 Å². The van der Waals surface area contributed by atoms with Gasteiger partial charge in [0.15, 0.2) is 5.16 Å². The number of aromatic nitrogens is 2. The zero-order chi connectivity index (χ0) is 19.7. The highest BCUT2D eigenvalue weighted by Crippen LogP contribution is 2.36. The normalized spacial score (nSPS) is 17.4. The second-order valence-corrected chi connectivity index (χ2v) is 9.11. The number of thiophene rings is 1.